The van der Waals surface area contributed by atoms with E-state index in [0.29, 0.717) is 25.7 Å². The maximum atomic E-state index is 12.4. The summed E-state index contributed by atoms with van der Waals surface area (Å²) in [6.45, 7) is 5.03. The van der Waals surface area contributed by atoms with E-state index in [1.54, 1.807) is 11.9 Å². The van der Waals surface area contributed by atoms with Gasteiger partial charge in [-0.15, -0.1) is 0 Å². The molecule has 6 nitrogen and oxygen atoms in total. The summed E-state index contributed by atoms with van der Waals surface area (Å²) in [7, 11) is 1.58. The molecule has 18 heavy (non-hydrogen) atoms. The molecule has 2 aliphatic heterocycles. The zero-order chi connectivity index (χ0) is 13.1. The fraction of sp³-hybridized carbons (Fsp3) is 0.833. The third-order valence-corrected chi connectivity index (χ3v) is 3.87. The topological polar surface area (TPSA) is 70.7 Å². The first-order valence-corrected chi connectivity index (χ1v) is 6.45. The Hall–Kier alpha value is -1.14. The minimum atomic E-state index is -0.480. The summed E-state index contributed by atoms with van der Waals surface area (Å²) in [5, 5.41) is 5.76. The van der Waals surface area contributed by atoms with Gasteiger partial charge in [-0.25, -0.2) is 0 Å². The van der Waals surface area contributed by atoms with Gasteiger partial charge in [-0.3, -0.25) is 9.59 Å². The van der Waals surface area contributed by atoms with Crippen LogP contribution in [0.25, 0.3) is 0 Å². The molecule has 0 bridgehead atoms. The van der Waals surface area contributed by atoms with Crippen molar-refractivity contribution in [2.75, 3.05) is 39.9 Å². The Labute approximate surface area is 107 Å². The maximum absolute atomic E-state index is 12.4. The molecule has 2 atom stereocenters. The predicted molar refractivity (Wildman–Crippen MR) is 65.9 cm³/mol. The monoisotopic (exact) mass is 255 g/mol. The number of nitrogens with zero attached hydrogens (tertiary/aromatic N) is 1. The van der Waals surface area contributed by atoms with Crippen molar-refractivity contribution in [3.8, 4) is 0 Å². The van der Waals surface area contributed by atoms with E-state index >= 15 is 0 Å². The summed E-state index contributed by atoms with van der Waals surface area (Å²) in [6.07, 6.45) is 0. The third-order valence-electron chi connectivity index (χ3n) is 3.87. The van der Waals surface area contributed by atoms with Crippen molar-refractivity contribution in [1.82, 2.24) is 15.5 Å². The molecule has 0 aromatic carbocycles. The average Bonchev–Trinajstić information content (AvgIpc) is 2.34. The molecule has 6 heteroatoms. The van der Waals surface area contributed by atoms with Crippen LogP contribution in [0.4, 0.5) is 0 Å². The summed E-state index contributed by atoms with van der Waals surface area (Å²) in [5.74, 6) is 0.280. The molecule has 0 aromatic heterocycles. The molecule has 2 heterocycles. The Morgan fingerprint density at radius 3 is 2.72 bits per heavy atom. The van der Waals surface area contributed by atoms with Gasteiger partial charge >= 0.3 is 0 Å². The second-order valence-electron chi connectivity index (χ2n) is 4.94. The number of morpholine rings is 1. The summed E-state index contributed by atoms with van der Waals surface area (Å²) >= 11 is 0. The van der Waals surface area contributed by atoms with Crippen molar-refractivity contribution in [2.45, 2.75) is 13.0 Å². The Morgan fingerprint density at radius 1 is 1.44 bits per heavy atom. The minimum absolute atomic E-state index is 0.0310. The molecule has 0 radical (unpaired) electrons. The number of likely N-dealkylation sites (N-methyl/N-ethyl adjacent to an activating group) is 1. The molecule has 2 N–H and O–H groups in total. The van der Waals surface area contributed by atoms with Gasteiger partial charge in [-0.05, 0) is 19.0 Å². The van der Waals surface area contributed by atoms with Crippen LogP contribution in [-0.2, 0) is 14.3 Å². The number of hydrogen-bond acceptors (Lipinski definition) is 4. The first kappa shape index (κ1) is 13.3. The number of carbonyl (C=O) groups excluding carboxylic acids is 2. The molecule has 2 amide bonds. The summed E-state index contributed by atoms with van der Waals surface area (Å²) < 4.78 is 5.30. The lowest BCUT2D eigenvalue weighted by Crippen LogP contribution is -2.59. The molecule has 0 spiro atoms. The lowest BCUT2D eigenvalue weighted by molar-refractivity contribution is -0.152. The van der Waals surface area contributed by atoms with E-state index in [2.05, 4.69) is 10.6 Å². The quantitative estimate of drug-likeness (QED) is 0.665. The highest BCUT2D eigenvalue weighted by molar-refractivity contribution is 5.88. The highest BCUT2D eigenvalue weighted by Crippen LogP contribution is 2.21. The largest absolute Gasteiger partial charge is 0.377 e. The lowest BCUT2D eigenvalue weighted by atomic mass is 9.87. The molecule has 2 rings (SSSR count). The second kappa shape index (κ2) is 5.67. The molecule has 0 aliphatic carbocycles. The smallest absolute Gasteiger partial charge is 0.244 e. The van der Waals surface area contributed by atoms with Crippen molar-refractivity contribution in [1.29, 1.82) is 0 Å². The van der Waals surface area contributed by atoms with Gasteiger partial charge < -0.3 is 20.3 Å². The van der Waals surface area contributed by atoms with Gasteiger partial charge in [-0.1, -0.05) is 6.92 Å². The predicted octanol–water partition coefficient (Wildman–Crippen LogP) is -1.18. The molecule has 2 aliphatic rings. The molecular weight excluding hydrogens is 234 g/mol. The van der Waals surface area contributed by atoms with Gasteiger partial charge in [0.2, 0.25) is 11.8 Å². The Kier molecular flexibility index (Phi) is 4.19. The van der Waals surface area contributed by atoms with E-state index in [1.807, 2.05) is 6.92 Å². The third kappa shape index (κ3) is 2.49. The average molecular weight is 255 g/mol. The molecular formula is C12H21N3O3. The molecule has 2 unspecified atom stereocenters. The van der Waals surface area contributed by atoms with Gasteiger partial charge in [0.15, 0.2) is 0 Å². The van der Waals surface area contributed by atoms with Gasteiger partial charge in [0.05, 0.1) is 13.2 Å². The van der Waals surface area contributed by atoms with E-state index in [0.717, 1.165) is 13.1 Å². The van der Waals surface area contributed by atoms with E-state index in [-0.39, 0.29) is 17.7 Å². The van der Waals surface area contributed by atoms with E-state index in [1.165, 1.54) is 0 Å². The maximum Gasteiger partial charge on any atom is 0.244 e. The molecule has 0 aromatic rings. The fourth-order valence-electron chi connectivity index (χ4n) is 2.38. The van der Waals surface area contributed by atoms with Crippen molar-refractivity contribution in [3.63, 3.8) is 0 Å². The van der Waals surface area contributed by atoms with Crippen LogP contribution in [0.5, 0.6) is 0 Å². The van der Waals surface area contributed by atoms with Gasteiger partial charge in [0, 0.05) is 19.5 Å². The van der Waals surface area contributed by atoms with Gasteiger partial charge in [0.25, 0.3) is 0 Å². The van der Waals surface area contributed by atoms with E-state index in [9.17, 15) is 9.59 Å². The normalized spacial score (nSPS) is 26.3. The lowest BCUT2D eigenvalue weighted by Gasteiger charge is -2.39. The van der Waals surface area contributed by atoms with Crippen molar-refractivity contribution in [2.24, 2.45) is 11.8 Å². The highest BCUT2D eigenvalue weighted by atomic mass is 16.5. The molecule has 102 valence electrons. The SMILES string of the molecule is CNC(=O)C1COCCN1C(=O)C(C)C1CNC1. The molecule has 0 saturated carbocycles. The van der Waals surface area contributed by atoms with Crippen LogP contribution in [0.2, 0.25) is 0 Å². The van der Waals surface area contributed by atoms with Crippen LogP contribution in [0.1, 0.15) is 6.92 Å². The van der Waals surface area contributed by atoms with Crippen LogP contribution >= 0.6 is 0 Å². The van der Waals surface area contributed by atoms with Crippen molar-refractivity contribution in [3.05, 3.63) is 0 Å². The first-order chi connectivity index (χ1) is 8.65. The van der Waals surface area contributed by atoms with Gasteiger partial charge in [-0.2, -0.15) is 0 Å². The van der Waals surface area contributed by atoms with Crippen LogP contribution < -0.4 is 10.6 Å². The molecule has 2 saturated heterocycles. The van der Waals surface area contributed by atoms with Crippen molar-refractivity contribution >= 4 is 11.8 Å². The number of amides is 2. The highest BCUT2D eigenvalue weighted by Gasteiger charge is 2.37. The number of rotatable bonds is 3. The van der Waals surface area contributed by atoms with Crippen LogP contribution in [0.15, 0.2) is 0 Å². The van der Waals surface area contributed by atoms with Crippen LogP contribution in [0, 0.1) is 11.8 Å². The Balaban J connectivity index is 2.03. The fourth-order valence-corrected chi connectivity index (χ4v) is 2.38. The zero-order valence-corrected chi connectivity index (χ0v) is 10.9. The summed E-state index contributed by atoms with van der Waals surface area (Å²) in [5.41, 5.74) is 0. The Morgan fingerprint density at radius 2 is 2.17 bits per heavy atom. The minimum Gasteiger partial charge on any atom is -0.377 e. The van der Waals surface area contributed by atoms with Crippen molar-refractivity contribution < 1.29 is 14.3 Å². The number of hydrogen-bond donors (Lipinski definition) is 2. The number of nitrogens with one attached hydrogen (secondary N) is 2. The number of carbonyl (C=O) groups is 2. The standard InChI is InChI=1S/C12H21N3O3/c1-8(9-5-14-6-9)12(17)15-3-4-18-7-10(15)11(16)13-2/h8-10,14H,3-7H2,1-2H3,(H,13,16). The van der Waals surface area contributed by atoms with Crippen LogP contribution in [-0.4, -0.2) is 62.7 Å². The zero-order valence-electron chi connectivity index (χ0n) is 10.9. The molecule has 2 fully saturated rings. The van der Waals surface area contributed by atoms with Gasteiger partial charge in [0.1, 0.15) is 6.04 Å². The first-order valence-electron chi connectivity index (χ1n) is 6.45. The number of ether oxygens (including phenoxy) is 1. The van der Waals surface area contributed by atoms with E-state index in [4.69, 9.17) is 4.74 Å². The van der Waals surface area contributed by atoms with Crippen LogP contribution in [0.3, 0.4) is 0 Å². The summed E-state index contributed by atoms with van der Waals surface area (Å²) in [6, 6.07) is -0.480. The van der Waals surface area contributed by atoms with E-state index < -0.39 is 6.04 Å². The second-order valence-corrected chi connectivity index (χ2v) is 4.94. The summed E-state index contributed by atoms with van der Waals surface area (Å²) in [4.78, 5) is 25.9. The Bertz CT molecular complexity index is 331.